The van der Waals surface area contributed by atoms with Gasteiger partial charge in [-0.3, -0.25) is 14.4 Å². The second-order valence-electron chi connectivity index (χ2n) is 9.95. The summed E-state index contributed by atoms with van der Waals surface area (Å²) in [5.74, 6) is -0.847. The molecule has 196 valence electrons. The summed E-state index contributed by atoms with van der Waals surface area (Å²) in [5, 5.41) is 7.99. The molecule has 1 aromatic rings. The Balaban J connectivity index is 1.42. The average Bonchev–Trinajstić information content (AvgIpc) is 3.22. The van der Waals surface area contributed by atoms with Crippen molar-refractivity contribution in [2.24, 2.45) is 16.9 Å². The number of ether oxygens (including phenoxy) is 1. The fourth-order valence-electron chi connectivity index (χ4n) is 5.34. The van der Waals surface area contributed by atoms with E-state index in [9.17, 15) is 14.4 Å². The minimum absolute atomic E-state index is 0.0890. The first-order valence-electron chi connectivity index (χ1n) is 13.3. The standard InChI is InChI=1S/C27H38N4O4S/c1-19(20-9-7-4-8-10-20)31-15-18-36-27(31)30-29-26(34)24(32)23(21-13-16-35-17-14-21)28-25(33)22-11-5-2-3-6-12-22/h4,7-10,19,21-23H,2-3,5-6,11-18H2,1H3,(H,28,33)(H,29,34)/t19-,23?/m1/s1. The number of Topliss-reactive ketones (excluding diaryl/α,β-unsaturated/α-hetero) is 1. The molecular weight excluding hydrogens is 476 g/mol. The highest BCUT2D eigenvalue weighted by atomic mass is 32.2. The number of nitrogens with one attached hydrogen (secondary N) is 2. The zero-order valence-corrected chi connectivity index (χ0v) is 21.9. The van der Waals surface area contributed by atoms with E-state index in [1.807, 2.05) is 18.2 Å². The third-order valence-electron chi connectivity index (χ3n) is 7.58. The van der Waals surface area contributed by atoms with Crippen molar-refractivity contribution in [1.82, 2.24) is 15.6 Å². The Morgan fingerprint density at radius 3 is 2.42 bits per heavy atom. The zero-order valence-electron chi connectivity index (χ0n) is 21.1. The number of carbonyl (C=O) groups excluding carboxylic acids is 3. The summed E-state index contributed by atoms with van der Waals surface area (Å²) in [7, 11) is 0. The van der Waals surface area contributed by atoms with E-state index in [4.69, 9.17) is 4.74 Å². The van der Waals surface area contributed by atoms with Crippen LogP contribution in [0.15, 0.2) is 35.4 Å². The van der Waals surface area contributed by atoms with E-state index in [0.717, 1.165) is 56.4 Å². The lowest BCUT2D eigenvalue weighted by Gasteiger charge is -2.30. The molecule has 1 aromatic carbocycles. The largest absolute Gasteiger partial charge is 0.381 e. The van der Waals surface area contributed by atoms with Gasteiger partial charge in [0.05, 0.1) is 6.04 Å². The SMILES string of the molecule is C[C@H](c1ccccc1)N1CCSC1=NNC(=O)C(=O)C(NC(=O)C1CCCCCC1)C1CCOCC1. The first-order valence-corrected chi connectivity index (χ1v) is 14.3. The number of rotatable bonds is 8. The molecule has 0 radical (unpaired) electrons. The van der Waals surface area contributed by atoms with Crippen LogP contribution in [0.25, 0.3) is 0 Å². The maximum atomic E-state index is 13.3. The quantitative estimate of drug-likeness (QED) is 0.312. The van der Waals surface area contributed by atoms with Crippen LogP contribution in [0.3, 0.4) is 0 Å². The Morgan fingerprint density at radius 1 is 1.03 bits per heavy atom. The van der Waals surface area contributed by atoms with Gasteiger partial charge in [-0.15, -0.1) is 5.10 Å². The number of benzene rings is 1. The first kappa shape index (κ1) is 26.7. The summed E-state index contributed by atoms with van der Waals surface area (Å²) >= 11 is 1.56. The van der Waals surface area contributed by atoms with Crippen LogP contribution < -0.4 is 10.7 Å². The molecular formula is C27H38N4O4S. The Morgan fingerprint density at radius 2 is 1.72 bits per heavy atom. The molecule has 8 nitrogen and oxygen atoms in total. The van der Waals surface area contributed by atoms with Crippen LogP contribution >= 0.6 is 11.8 Å². The molecule has 2 amide bonds. The topological polar surface area (TPSA) is 100 Å². The van der Waals surface area contributed by atoms with Crippen LogP contribution in [0.4, 0.5) is 0 Å². The number of thioether (sulfide) groups is 1. The Bertz CT molecular complexity index is 927. The van der Waals surface area contributed by atoms with E-state index < -0.39 is 17.7 Å². The van der Waals surface area contributed by atoms with Crippen LogP contribution in [0.2, 0.25) is 0 Å². The zero-order chi connectivity index (χ0) is 25.3. The van der Waals surface area contributed by atoms with Crippen molar-refractivity contribution >= 4 is 34.5 Å². The summed E-state index contributed by atoms with van der Waals surface area (Å²) in [4.78, 5) is 41.5. The molecule has 2 atom stereocenters. The van der Waals surface area contributed by atoms with Crippen LogP contribution in [0, 0.1) is 11.8 Å². The Kier molecular flexibility index (Phi) is 9.81. The molecule has 9 heteroatoms. The number of ketones is 1. The smallest absolute Gasteiger partial charge is 0.309 e. The Hall–Kier alpha value is -2.39. The normalized spacial score (nSPS) is 22.6. The number of hydrazone groups is 1. The predicted octanol–water partition coefficient (Wildman–Crippen LogP) is 3.63. The van der Waals surface area contributed by atoms with Gasteiger partial charge in [-0.1, -0.05) is 67.8 Å². The van der Waals surface area contributed by atoms with Gasteiger partial charge in [0, 0.05) is 31.4 Å². The highest BCUT2D eigenvalue weighted by Gasteiger charge is 2.36. The van der Waals surface area contributed by atoms with Crippen LogP contribution in [-0.2, 0) is 19.1 Å². The number of amidine groups is 1. The molecule has 1 aliphatic carbocycles. The molecule has 0 bridgehead atoms. The highest BCUT2D eigenvalue weighted by molar-refractivity contribution is 8.14. The maximum Gasteiger partial charge on any atom is 0.309 e. The second-order valence-corrected chi connectivity index (χ2v) is 11.0. The summed E-state index contributed by atoms with van der Waals surface area (Å²) in [5.41, 5.74) is 3.66. The molecule has 0 spiro atoms. The molecule has 2 saturated heterocycles. The van der Waals surface area contributed by atoms with E-state index in [2.05, 4.69) is 39.8 Å². The molecule has 2 heterocycles. The van der Waals surface area contributed by atoms with Crippen LogP contribution in [0.1, 0.15) is 69.9 Å². The molecule has 0 aromatic heterocycles. The third kappa shape index (κ3) is 6.88. The lowest BCUT2D eigenvalue weighted by atomic mass is 9.87. The molecule has 3 fully saturated rings. The minimum atomic E-state index is -0.847. The van der Waals surface area contributed by atoms with Crippen molar-refractivity contribution in [3.05, 3.63) is 35.9 Å². The van der Waals surface area contributed by atoms with Gasteiger partial charge in [-0.25, -0.2) is 5.43 Å². The van der Waals surface area contributed by atoms with Gasteiger partial charge < -0.3 is 15.0 Å². The van der Waals surface area contributed by atoms with Gasteiger partial charge in [-0.05, 0) is 44.1 Å². The maximum absolute atomic E-state index is 13.3. The first-order chi connectivity index (χ1) is 17.5. The summed E-state index contributed by atoms with van der Waals surface area (Å²) < 4.78 is 5.46. The monoisotopic (exact) mass is 514 g/mol. The van der Waals surface area contributed by atoms with Gasteiger partial charge in [0.1, 0.15) is 6.04 Å². The lowest BCUT2D eigenvalue weighted by Crippen LogP contribution is -2.53. The summed E-state index contributed by atoms with van der Waals surface area (Å²) in [6.07, 6.45) is 7.31. The number of carbonyl (C=O) groups is 3. The molecule has 36 heavy (non-hydrogen) atoms. The van der Waals surface area contributed by atoms with E-state index in [0.29, 0.717) is 31.2 Å². The van der Waals surface area contributed by atoms with E-state index in [1.54, 1.807) is 11.8 Å². The van der Waals surface area contributed by atoms with Crippen molar-refractivity contribution in [3.63, 3.8) is 0 Å². The highest BCUT2D eigenvalue weighted by Crippen LogP contribution is 2.29. The number of nitrogens with zero attached hydrogens (tertiary/aromatic N) is 2. The average molecular weight is 515 g/mol. The van der Waals surface area contributed by atoms with Gasteiger partial charge in [0.2, 0.25) is 11.7 Å². The third-order valence-corrected chi connectivity index (χ3v) is 8.55. The van der Waals surface area contributed by atoms with Crippen molar-refractivity contribution in [2.75, 3.05) is 25.5 Å². The van der Waals surface area contributed by atoms with Gasteiger partial charge in [0.25, 0.3) is 0 Å². The number of amides is 2. The summed E-state index contributed by atoms with van der Waals surface area (Å²) in [6, 6.07) is 9.39. The minimum Gasteiger partial charge on any atom is -0.381 e. The van der Waals surface area contributed by atoms with Gasteiger partial charge in [-0.2, -0.15) is 0 Å². The molecule has 3 aliphatic rings. The number of hydrogen-bond acceptors (Lipinski definition) is 6. The fraction of sp³-hybridized carbons (Fsp3) is 0.630. The molecule has 1 unspecified atom stereocenters. The van der Waals surface area contributed by atoms with Crippen molar-refractivity contribution in [2.45, 2.75) is 70.4 Å². The predicted molar refractivity (Wildman–Crippen MR) is 141 cm³/mol. The molecule has 4 rings (SSSR count). The fourth-order valence-corrected chi connectivity index (χ4v) is 6.33. The van der Waals surface area contributed by atoms with Crippen molar-refractivity contribution < 1.29 is 19.1 Å². The second kappa shape index (κ2) is 13.2. The molecule has 2 aliphatic heterocycles. The van der Waals surface area contributed by atoms with E-state index >= 15 is 0 Å². The van der Waals surface area contributed by atoms with Crippen LogP contribution in [0.5, 0.6) is 0 Å². The van der Waals surface area contributed by atoms with Gasteiger partial charge >= 0.3 is 5.91 Å². The molecule has 1 saturated carbocycles. The molecule has 2 N–H and O–H groups in total. The van der Waals surface area contributed by atoms with E-state index in [-0.39, 0.29) is 23.8 Å². The lowest BCUT2D eigenvalue weighted by molar-refractivity contribution is -0.142. The summed E-state index contributed by atoms with van der Waals surface area (Å²) in [6.45, 7) is 3.97. The Labute approximate surface area is 218 Å². The number of hydrogen-bond donors (Lipinski definition) is 2. The van der Waals surface area contributed by atoms with E-state index in [1.165, 1.54) is 0 Å². The van der Waals surface area contributed by atoms with Crippen molar-refractivity contribution in [1.29, 1.82) is 0 Å². The van der Waals surface area contributed by atoms with Gasteiger partial charge in [0.15, 0.2) is 5.17 Å². The van der Waals surface area contributed by atoms with Crippen molar-refractivity contribution in [3.8, 4) is 0 Å². The van der Waals surface area contributed by atoms with Crippen LogP contribution in [-0.4, -0.2) is 59.2 Å².